The number of carbonyl (C=O) groups is 1. The number of halogens is 7. The molecule has 0 unspecified atom stereocenters. The second-order valence-corrected chi connectivity index (χ2v) is 9.00. The predicted molar refractivity (Wildman–Crippen MR) is 97.8 cm³/mol. The molecule has 10 heteroatoms. The molecule has 1 amide bonds. The van der Waals surface area contributed by atoms with Crippen molar-refractivity contribution < 1.29 is 35.5 Å². The minimum absolute atomic E-state index is 0.0348. The van der Waals surface area contributed by atoms with Crippen molar-refractivity contribution in [2.75, 3.05) is 0 Å². The maximum atomic E-state index is 14.4. The largest absolute Gasteiger partial charge is 0.435 e. The molecule has 3 aliphatic carbocycles. The molecule has 3 atom stereocenters. The molecule has 3 N–H and O–H groups in total. The number of aryl methyl sites for hydroxylation is 1. The molecule has 0 heterocycles. The lowest BCUT2D eigenvalue weighted by atomic mass is 9.73. The van der Waals surface area contributed by atoms with E-state index in [1.807, 2.05) is 0 Å². The maximum absolute atomic E-state index is 14.4. The zero-order chi connectivity index (χ0) is 22.8. The summed E-state index contributed by atoms with van der Waals surface area (Å²) in [5.41, 5.74) is -0.224. The Kier molecular flexibility index (Phi) is 5.30. The first-order chi connectivity index (χ1) is 14.3. The second-order valence-electron chi connectivity index (χ2n) is 9.00. The molecular weight excluding hydrogens is 429 g/mol. The van der Waals surface area contributed by atoms with Crippen molar-refractivity contribution in [1.82, 2.24) is 5.32 Å². The van der Waals surface area contributed by atoms with Crippen molar-refractivity contribution in [3.05, 3.63) is 34.9 Å². The Balaban J connectivity index is 1.56. The zero-order valence-electron chi connectivity index (χ0n) is 16.5. The van der Waals surface area contributed by atoms with E-state index >= 15 is 0 Å². The molecule has 0 bridgehead atoms. The van der Waals surface area contributed by atoms with Gasteiger partial charge in [0.1, 0.15) is 0 Å². The van der Waals surface area contributed by atoms with Crippen LogP contribution in [0.25, 0.3) is 0 Å². The summed E-state index contributed by atoms with van der Waals surface area (Å²) < 4.78 is 92.9. The molecule has 2 fully saturated rings. The molecule has 0 aliphatic heterocycles. The average Bonchev–Trinajstić information content (AvgIpc) is 3.08. The summed E-state index contributed by atoms with van der Waals surface area (Å²) in [5, 5.41) is 2.99. The fraction of sp³-hybridized carbons (Fsp3) is 0.667. The molecule has 0 spiro atoms. The Hall–Kier alpha value is -1.84. The lowest BCUT2D eigenvalue weighted by Gasteiger charge is -2.36. The normalized spacial score (nSPS) is 30.9. The van der Waals surface area contributed by atoms with Crippen molar-refractivity contribution in [3.8, 4) is 0 Å². The van der Waals surface area contributed by atoms with Crippen LogP contribution in [0, 0.1) is 11.8 Å². The number of nitrogens with two attached hydrogens (primary N) is 1. The molecule has 4 rings (SSSR count). The van der Waals surface area contributed by atoms with Gasteiger partial charge in [-0.3, -0.25) is 4.79 Å². The molecule has 3 aliphatic rings. The first-order valence-electron chi connectivity index (χ1n) is 10.3. The van der Waals surface area contributed by atoms with Gasteiger partial charge >= 0.3 is 18.0 Å². The van der Waals surface area contributed by atoms with Crippen LogP contribution in [0.15, 0.2) is 18.2 Å². The summed E-state index contributed by atoms with van der Waals surface area (Å²) in [6.45, 7) is 0. The Morgan fingerprint density at radius 2 is 1.61 bits per heavy atom. The van der Waals surface area contributed by atoms with Gasteiger partial charge in [0.25, 0.3) is 0 Å². The van der Waals surface area contributed by atoms with Crippen molar-refractivity contribution in [3.63, 3.8) is 0 Å². The third-order valence-corrected chi connectivity index (χ3v) is 7.15. The predicted octanol–water partition coefficient (Wildman–Crippen LogP) is 4.64. The summed E-state index contributed by atoms with van der Waals surface area (Å²) in [4.78, 5) is 12.7. The Bertz CT molecular complexity index is 846. The number of rotatable bonds is 3. The topological polar surface area (TPSA) is 55.1 Å². The molecule has 2 saturated carbocycles. The van der Waals surface area contributed by atoms with Crippen LogP contribution in [-0.2, 0) is 16.9 Å². The fourth-order valence-corrected chi connectivity index (χ4v) is 5.48. The van der Waals surface area contributed by atoms with Crippen molar-refractivity contribution in [2.24, 2.45) is 17.6 Å². The quantitative estimate of drug-likeness (QED) is 0.657. The van der Waals surface area contributed by atoms with E-state index in [1.165, 1.54) is 6.07 Å². The van der Waals surface area contributed by atoms with Gasteiger partial charge in [-0.1, -0.05) is 18.2 Å². The van der Waals surface area contributed by atoms with Crippen LogP contribution in [0.5, 0.6) is 0 Å². The molecule has 0 aromatic heterocycles. The molecule has 1 aromatic carbocycles. The monoisotopic (exact) mass is 452 g/mol. The molecule has 0 radical (unpaired) electrons. The van der Waals surface area contributed by atoms with Gasteiger partial charge in [-0.2, -0.15) is 26.3 Å². The molecule has 172 valence electrons. The SMILES string of the molecule is N[C@H]1C[C@@H](NC(=O)[C@@H]2CC[C@H]3c4ccc(C(F)(C(F)(F)F)C(F)(F)F)cc4CC[C@@H]23)C1. The van der Waals surface area contributed by atoms with E-state index in [0.717, 1.165) is 12.8 Å². The average molecular weight is 452 g/mol. The van der Waals surface area contributed by atoms with Gasteiger partial charge in [0.05, 0.1) is 0 Å². The van der Waals surface area contributed by atoms with E-state index < -0.39 is 23.6 Å². The summed E-state index contributed by atoms with van der Waals surface area (Å²) in [5.74, 6) is -0.489. The molecule has 0 saturated heterocycles. The number of fused-ring (bicyclic) bond motifs is 3. The highest BCUT2D eigenvalue weighted by atomic mass is 19.4. The Labute approximate surface area is 174 Å². The summed E-state index contributed by atoms with van der Waals surface area (Å²) in [6.07, 6.45) is -8.94. The van der Waals surface area contributed by atoms with Crippen LogP contribution in [0.2, 0.25) is 0 Å². The number of hydrogen-bond donors (Lipinski definition) is 2. The second kappa shape index (κ2) is 7.35. The number of carbonyl (C=O) groups excluding carboxylic acids is 1. The van der Waals surface area contributed by atoms with Gasteiger partial charge in [-0.15, -0.1) is 0 Å². The number of nitrogens with one attached hydrogen (secondary N) is 1. The van der Waals surface area contributed by atoms with Crippen LogP contribution in [-0.4, -0.2) is 30.3 Å². The fourth-order valence-electron chi connectivity index (χ4n) is 5.48. The standard InChI is InChI=1S/C21H23F7N2O/c22-19(20(23,24)25,21(26,27)28)11-2-4-14-10(7-11)1-3-16-15(14)5-6-17(16)18(31)30-13-8-12(29)9-13/h2,4,7,12-13,15-17H,1,3,5-6,8-9,29H2,(H,30,31)/t12-,13+,15-,16+,17+/m0/s1. The third-order valence-electron chi connectivity index (χ3n) is 7.15. The van der Waals surface area contributed by atoms with E-state index in [4.69, 9.17) is 5.73 Å². The lowest BCUT2D eigenvalue weighted by Crippen LogP contribution is -2.52. The van der Waals surface area contributed by atoms with Gasteiger partial charge in [0, 0.05) is 23.6 Å². The molecule has 3 nitrogen and oxygen atoms in total. The number of benzene rings is 1. The van der Waals surface area contributed by atoms with E-state index in [2.05, 4.69) is 5.32 Å². The van der Waals surface area contributed by atoms with Crippen LogP contribution >= 0.6 is 0 Å². The lowest BCUT2D eigenvalue weighted by molar-refractivity contribution is -0.348. The first kappa shape index (κ1) is 22.4. The highest BCUT2D eigenvalue weighted by molar-refractivity contribution is 5.80. The summed E-state index contributed by atoms with van der Waals surface area (Å²) in [7, 11) is 0. The summed E-state index contributed by atoms with van der Waals surface area (Å²) in [6, 6.07) is 2.62. The zero-order valence-corrected chi connectivity index (χ0v) is 16.5. The van der Waals surface area contributed by atoms with E-state index in [0.29, 0.717) is 42.5 Å². The molecule has 1 aromatic rings. The number of amides is 1. The van der Waals surface area contributed by atoms with Gasteiger partial charge in [-0.05, 0) is 61.5 Å². The Morgan fingerprint density at radius 1 is 0.968 bits per heavy atom. The maximum Gasteiger partial charge on any atom is 0.435 e. The minimum Gasteiger partial charge on any atom is -0.353 e. The summed E-state index contributed by atoms with van der Waals surface area (Å²) >= 11 is 0. The van der Waals surface area contributed by atoms with Crippen LogP contribution < -0.4 is 11.1 Å². The van der Waals surface area contributed by atoms with Gasteiger partial charge in [0.15, 0.2) is 0 Å². The van der Waals surface area contributed by atoms with Crippen LogP contribution in [0.3, 0.4) is 0 Å². The van der Waals surface area contributed by atoms with E-state index in [-0.39, 0.29) is 42.2 Å². The number of hydrogen-bond acceptors (Lipinski definition) is 2. The number of alkyl halides is 7. The van der Waals surface area contributed by atoms with Crippen LogP contribution in [0.1, 0.15) is 54.7 Å². The Morgan fingerprint density at radius 3 is 2.19 bits per heavy atom. The van der Waals surface area contributed by atoms with Gasteiger partial charge in [-0.25, -0.2) is 4.39 Å². The highest BCUT2D eigenvalue weighted by Crippen LogP contribution is 2.55. The van der Waals surface area contributed by atoms with Crippen molar-refractivity contribution in [1.29, 1.82) is 0 Å². The molecule has 31 heavy (non-hydrogen) atoms. The van der Waals surface area contributed by atoms with Gasteiger partial charge < -0.3 is 11.1 Å². The molecular formula is C21H23F7N2O. The minimum atomic E-state index is -6.13. The first-order valence-corrected chi connectivity index (χ1v) is 10.3. The smallest absolute Gasteiger partial charge is 0.353 e. The third kappa shape index (κ3) is 3.60. The van der Waals surface area contributed by atoms with Gasteiger partial charge in [0.2, 0.25) is 5.91 Å². The van der Waals surface area contributed by atoms with Crippen LogP contribution in [0.4, 0.5) is 30.7 Å². The highest BCUT2D eigenvalue weighted by Gasteiger charge is 2.73. The van der Waals surface area contributed by atoms with Crippen molar-refractivity contribution in [2.45, 2.75) is 74.5 Å². The van der Waals surface area contributed by atoms with E-state index in [1.54, 1.807) is 0 Å². The van der Waals surface area contributed by atoms with Crippen molar-refractivity contribution >= 4 is 5.91 Å². The van der Waals surface area contributed by atoms with E-state index in [9.17, 15) is 35.5 Å².